The number of ether oxygens (including phenoxy) is 2. The van der Waals surface area contributed by atoms with Gasteiger partial charge in [0.1, 0.15) is 11.5 Å². The number of hydrogen-bond acceptors (Lipinski definition) is 4. The van der Waals surface area contributed by atoms with Crippen molar-refractivity contribution in [2.75, 3.05) is 20.8 Å². The van der Waals surface area contributed by atoms with Crippen molar-refractivity contribution in [3.63, 3.8) is 0 Å². The molecule has 2 aliphatic carbocycles. The van der Waals surface area contributed by atoms with Gasteiger partial charge >= 0.3 is 0 Å². The number of nitrogens with one attached hydrogen (secondary N) is 1. The van der Waals surface area contributed by atoms with Crippen molar-refractivity contribution < 1.29 is 14.3 Å². The Bertz CT molecular complexity index is 814. The van der Waals surface area contributed by atoms with E-state index in [0.29, 0.717) is 18.2 Å². The molecule has 2 aliphatic rings. The van der Waals surface area contributed by atoms with Gasteiger partial charge in [-0.15, -0.1) is 0 Å². The van der Waals surface area contributed by atoms with E-state index in [1.165, 1.54) is 24.0 Å². The van der Waals surface area contributed by atoms with Crippen LogP contribution in [0.2, 0.25) is 0 Å². The molecular formula is C22H27IN2O3. The van der Waals surface area contributed by atoms with Crippen molar-refractivity contribution in [2.45, 2.75) is 38.5 Å². The van der Waals surface area contributed by atoms with Crippen LogP contribution < -0.4 is 5.32 Å². The Hall–Kier alpha value is -1.83. The van der Waals surface area contributed by atoms with Gasteiger partial charge in [-0.05, 0) is 61.3 Å². The highest BCUT2D eigenvalue weighted by Crippen LogP contribution is 2.26. The Labute approximate surface area is 180 Å². The molecule has 0 aromatic heterocycles. The first-order chi connectivity index (χ1) is 13.7. The summed E-state index contributed by atoms with van der Waals surface area (Å²) in [6.07, 6.45) is 10.4. The van der Waals surface area contributed by atoms with Gasteiger partial charge in [-0.1, -0.05) is 18.2 Å². The highest BCUT2D eigenvalue weighted by Gasteiger charge is 2.20. The molecule has 0 bridgehead atoms. The maximum absolute atomic E-state index is 12.7. The summed E-state index contributed by atoms with van der Waals surface area (Å²) in [5, 5.41) is 3.02. The molecule has 150 valence electrons. The number of halogens is 1. The molecule has 0 radical (unpaired) electrons. The van der Waals surface area contributed by atoms with Crippen LogP contribution >= 0.6 is 22.9 Å². The van der Waals surface area contributed by atoms with Crippen LogP contribution in [-0.4, -0.2) is 32.4 Å². The monoisotopic (exact) mass is 494 g/mol. The first kappa shape index (κ1) is 20.9. The van der Waals surface area contributed by atoms with Gasteiger partial charge in [0.25, 0.3) is 5.91 Å². The molecule has 1 aromatic rings. The lowest BCUT2D eigenvalue weighted by Gasteiger charge is -2.21. The Balaban J connectivity index is 1.56. The van der Waals surface area contributed by atoms with Crippen LogP contribution in [-0.2, 0) is 27.1 Å². The number of rotatable bonds is 7. The highest BCUT2D eigenvalue weighted by atomic mass is 127. The minimum absolute atomic E-state index is 0.120. The maximum Gasteiger partial charge on any atom is 0.271 e. The molecule has 1 aromatic carbocycles. The number of hydrogen-bond donors (Lipinski definition) is 1. The first-order valence-electron chi connectivity index (χ1n) is 9.75. The minimum atomic E-state index is -0.120. The van der Waals surface area contributed by atoms with Crippen molar-refractivity contribution in [3.8, 4) is 0 Å². The SMILES string of the molecule is COC1=C(OC)CC(CCNC(=O)C(=NI)c2ccc3c(c2)CCCC3)C=C1. The molecule has 0 aliphatic heterocycles. The smallest absolute Gasteiger partial charge is 0.271 e. The van der Waals surface area contributed by atoms with Crippen LogP contribution in [0.25, 0.3) is 0 Å². The van der Waals surface area contributed by atoms with E-state index in [4.69, 9.17) is 9.47 Å². The van der Waals surface area contributed by atoms with Gasteiger partial charge in [0.15, 0.2) is 5.76 Å². The molecule has 0 saturated heterocycles. The fourth-order valence-electron chi connectivity index (χ4n) is 3.84. The molecule has 28 heavy (non-hydrogen) atoms. The second kappa shape index (κ2) is 10.1. The van der Waals surface area contributed by atoms with Crippen molar-refractivity contribution in [2.24, 2.45) is 9.12 Å². The van der Waals surface area contributed by atoms with E-state index in [1.54, 1.807) is 14.2 Å². The Morgan fingerprint density at radius 3 is 2.71 bits per heavy atom. The summed E-state index contributed by atoms with van der Waals surface area (Å²) in [6.45, 7) is 0.591. The molecule has 0 spiro atoms. The second-order valence-electron chi connectivity index (χ2n) is 7.19. The van der Waals surface area contributed by atoms with Gasteiger partial charge in [-0.2, -0.15) is 0 Å². The summed E-state index contributed by atoms with van der Waals surface area (Å²) >= 11 is 1.91. The Morgan fingerprint density at radius 2 is 2.00 bits per heavy atom. The van der Waals surface area contributed by atoms with Gasteiger partial charge in [-0.3, -0.25) is 4.79 Å². The van der Waals surface area contributed by atoms with Crippen molar-refractivity contribution in [1.82, 2.24) is 5.32 Å². The summed E-state index contributed by atoms with van der Waals surface area (Å²) in [4.78, 5) is 12.7. The molecule has 0 fully saturated rings. The summed E-state index contributed by atoms with van der Waals surface area (Å²) in [5.74, 6) is 1.82. The van der Waals surface area contributed by atoms with Crippen LogP contribution in [0, 0.1) is 5.92 Å². The van der Waals surface area contributed by atoms with Gasteiger partial charge in [-0.25, -0.2) is 3.21 Å². The number of fused-ring (bicyclic) bond motifs is 1. The lowest BCUT2D eigenvalue weighted by atomic mass is 9.89. The van der Waals surface area contributed by atoms with Crippen LogP contribution in [0.1, 0.15) is 42.4 Å². The van der Waals surface area contributed by atoms with E-state index in [-0.39, 0.29) is 5.91 Å². The third kappa shape index (κ3) is 4.96. The lowest BCUT2D eigenvalue weighted by Crippen LogP contribution is -2.33. The Kier molecular flexibility index (Phi) is 7.53. The second-order valence-corrected chi connectivity index (χ2v) is 7.67. The summed E-state index contributed by atoms with van der Waals surface area (Å²) in [7, 11) is 3.30. The molecule has 1 amide bonds. The number of carbonyl (C=O) groups excluding carboxylic acids is 1. The predicted octanol–water partition coefficient (Wildman–Crippen LogP) is 4.29. The largest absolute Gasteiger partial charge is 0.497 e. The number of benzene rings is 1. The number of amides is 1. The van der Waals surface area contributed by atoms with Gasteiger partial charge < -0.3 is 14.8 Å². The predicted molar refractivity (Wildman–Crippen MR) is 120 cm³/mol. The minimum Gasteiger partial charge on any atom is -0.497 e. The van der Waals surface area contributed by atoms with Crippen LogP contribution in [0.5, 0.6) is 0 Å². The maximum atomic E-state index is 12.7. The normalized spacial score (nSPS) is 19.2. The summed E-state index contributed by atoms with van der Waals surface area (Å²) in [5.41, 5.74) is 4.16. The number of methoxy groups -OCH3 is 2. The van der Waals surface area contributed by atoms with Crippen molar-refractivity contribution in [1.29, 1.82) is 0 Å². The molecule has 6 heteroatoms. The number of carbonyl (C=O) groups is 1. The van der Waals surface area contributed by atoms with Crippen LogP contribution in [0.15, 0.2) is 45.1 Å². The fraction of sp³-hybridized carbons (Fsp3) is 0.455. The van der Waals surface area contributed by atoms with E-state index in [0.717, 1.165) is 42.8 Å². The topological polar surface area (TPSA) is 59.9 Å². The van der Waals surface area contributed by atoms with E-state index >= 15 is 0 Å². The van der Waals surface area contributed by atoms with Gasteiger partial charge in [0.2, 0.25) is 0 Å². The molecule has 1 atom stereocenters. The first-order valence-corrected chi connectivity index (χ1v) is 10.7. The van der Waals surface area contributed by atoms with Crippen molar-refractivity contribution in [3.05, 3.63) is 58.6 Å². The third-order valence-electron chi connectivity index (χ3n) is 5.43. The molecule has 1 N–H and O–H groups in total. The summed E-state index contributed by atoms with van der Waals surface area (Å²) < 4.78 is 14.9. The number of nitrogens with zero attached hydrogens (tertiary/aromatic N) is 1. The quantitative estimate of drug-likeness (QED) is 0.455. The average Bonchev–Trinajstić information content (AvgIpc) is 2.74. The average molecular weight is 494 g/mol. The Morgan fingerprint density at radius 1 is 1.21 bits per heavy atom. The zero-order chi connectivity index (χ0) is 19.9. The molecular weight excluding hydrogens is 467 g/mol. The molecule has 1 unspecified atom stereocenters. The van der Waals surface area contributed by atoms with Crippen LogP contribution in [0.4, 0.5) is 0 Å². The third-order valence-corrected chi connectivity index (χ3v) is 5.91. The molecule has 3 rings (SSSR count). The highest BCUT2D eigenvalue weighted by molar-refractivity contribution is 14.1. The molecule has 5 nitrogen and oxygen atoms in total. The van der Waals surface area contributed by atoms with Gasteiger partial charge in [0, 0.05) is 18.5 Å². The number of aryl methyl sites for hydroxylation is 2. The fourth-order valence-corrected chi connectivity index (χ4v) is 4.34. The zero-order valence-electron chi connectivity index (χ0n) is 16.5. The number of allylic oxidation sites excluding steroid dienone is 3. The molecule has 0 heterocycles. The standard InChI is InChI=1S/C22H27IN2O3/c1-27-19-10-7-15(13-20(19)28-2)11-12-24-22(26)21(25-23)18-9-8-16-5-3-4-6-17(16)14-18/h7-10,14-15H,3-6,11-13H2,1-2H3,(H,24,26). The zero-order valence-corrected chi connectivity index (χ0v) is 18.6. The molecule has 0 saturated carbocycles. The van der Waals surface area contributed by atoms with E-state index < -0.39 is 0 Å². The van der Waals surface area contributed by atoms with Gasteiger partial charge in [0.05, 0.1) is 37.1 Å². The summed E-state index contributed by atoms with van der Waals surface area (Å²) in [6, 6.07) is 6.31. The van der Waals surface area contributed by atoms with Crippen LogP contribution in [0.3, 0.4) is 0 Å². The van der Waals surface area contributed by atoms with E-state index in [2.05, 4.69) is 26.7 Å². The van der Waals surface area contributed by atoms with E-state index in [1.807, 2.05) is 35.0 Å². The van der Waals surface area contributed by atoms with Crippen molar-refractivity contribution >= 4 is 34.5 Å². The van der Waals surface area contributed by atoms with E-state index in [9.17, 15) is 4.79 Å². The lowest BCUT2D eigenvalue weighted by molar-refractivity contribution is -0.114.